The highest BCUT2D eigenvalue weighted by Gasteiger charge is 2.13. The summed E-state index contributed by atoms with van der Waals surface area (Å²) in [5.74, 6) is 0.161. The van der Waals surface area contributed by atoms with Gasteiger partial charge in [-0.05, 0) is 31.5 Å². The lowest BCUT2D eigenvalue weighted by Gasteiger charge is -2.19. The van der Waals surface area contributed by atoms with Crippen molar-refractivity contribution in [2.24, 2.45) is 0 Å². The lowest BCUT2D eigenvalue weighted by Crippen LogP contribution is -2.33. The van der Waals surface area contributed by atoms with Crippen LogP contribution in [0.25, 0.3) is 0 Å². The molecule has 0 saturated carbocycles. The van der Waals surface area contributed by atoms with Gasteiger partial charge in [-0.1, -0.05) is 42.5 Å². The molecular weight excluding hydrogens is 347 g/mol. The highest BCUT2D eigenvalue weighted by molar-refractivity contribution is 8.01. The molecule has 0 radical (unpaired) electrons. The van der Waals surface area contributed by atoms with Gasteiger partial charge >= 0.3 is 0 Å². The van der Waals surface area contributed by atoms with E-state index >= 15 is 0 Å². The van der Waals surface area contributed by atoms with Gasteiger partial charge in [0.1, 0.15) is 5.82 Å². The molecule has 0 aliphatic heterocycles. The van der Waals surface area contributed by atoms with E-state index < -0.39 is 0 Å². The molecule has 5 nitrogen and oxygen atoms in total. The number of halogens is 1. The number of carbonyl (C=O) groups excluding carboxylic acids is 1. The first-order chi connectivity index (χ1) is 11.6. The number of benzene rings is 1. The Labute approximate surface area is 149 Å². The van der Waals surface area contributed by atoms with Gasteiger partial charge in [-0.25, -0.2) is 4.39 Å². The monoisotopic (exact) mass is 368 g/mol. The van der Waals surface area contributed by atoms with Crippen LogP contribution in [0.5, 0.6) is 0 Å². The summed E-state index contributed by atoms with van der Waals surface area (Å²) >= 11 is 2.73. The largest absolute Gasteiger partial charge is 0.342 e. The van der Waals surface area contributed by atoms with Crippen LogP contribution in [0.3, 0.4) is 0 Å². The minimum Gasteiger partial charge on any atom is -0.342 e. The number of aromatic nitrogens is 2. The van der Waals surface area contributed by atoms with Crippen LogP contribution in [-0.4, -0.2) is 39.8 Å². The number of hydrogen-bond donors (Lipinski definition) is 1. The van der Waals surface area contributed by atoms with Crippen molar-refractivity contribution in [2.75, 3.05) is 24.2 Å². The Kier molecular flexibility index (Phi) is 7.45. The zero-order valence-corrected chi connectivity index (χ0v) is 15.4. The third kappa shape index (κ3) is 5.76. The predicted octanol–water partition coefficient (Wildman–Crippen LogP) is 4.16. The molecule has 0 aliphatic carbocycles. The van der Waals surface area contributed by atoms with Gasteiger partial charge in [-0.2, -0.15) is 0 Å². The van der Waals surface area contributed by atoms with Crippen LogP contribution in [0.15, 0.2) is 28.6 Å². The van der Waals surface area contributed by atoms with Gasteiger partial charge in [0.15, 0.2) is 4.34 Å². The molecule has 1 amide bonds. The number of nitrogens with zero attached hydrogens (tertiary/aromatic N) is 3. The number of thioether (sulfide) groups is 1. The fourth-order valence-corrected chi connectivity index (χ4v) is 3.71. The lowest BCUT2D eigenvalue weighted by molar-refractivity contribution is -0.128. The van der Waals surface area contributed by atoms with E-state index in [9.17, 15) is 9.18 Å². The molecule has 0 bridgehead atoms. The van der Waals surface area contributed by atoms with Crippen molar-refractivity contribution in [3.8, 4) is 0 Å². The number of nitrogens with one attached hydrogen (secondary N) is 1. The first-order valence-electron chi connectivity index (χ1n) is 7.89. The molecule has 0 unspecified atom stereocenters. The maximum Gasteiger partial charge on any atom is 0.233 e. The fourth-order valence-electron chi connectivity index (χ4n) is 2.03. The van der Waals surface area contributed by atoms with Crippen LogP contribution < -0.4 is 5.32 Å². The minimum absolute atomic E-state index is 0.116. The van der Waals surface area contributed by atoms with Crippen LogP contribution in [0.4, 0.5) is 15.2 Å². The molecule has 2 rings (SSSR count). The quantitative estimate of drug-likeness (QED) is 0.674. The Morgan fingerprint density at radius 2 is 2.21 bits per heavy atom. The summed E-state index contributed by atoms with van der Waals surface area (Å²) in [6.45, 7) is 5.63. The summed E-state index contributed by atoms with van der Waals surface area (Å²) in [5, 5.41) is 11.7. The van der Waals surface area contributed by atoms with Gasteiger partial charge in [0.25, 0.3) is 0 Å². The SMILES string of the molecule is CCCCN(CC)C(=O)CSc1nnc(Nc2cccc(F)c2)s1. The molecule has 1 aromatic heterocycles. The second kappa shape index (κ2) is 9.58. The van der Waals surface area contributed by atoms with Gasteiger partial charge in [0.05, 0.1) is 5.75 Å². The smallest absolute Gasteiger partial charge is 0.233 e. The van der Waals surface area contributed by atoms with E-state index in [4.69, 9.17) is 0 Å². The minimum atomic E-state index is -0.309. The maximum absolute atomic E-state index is 13.2. The van der Waals surface area contributed by atoms with E-state index in [0.29, 0.717) is 20.9 Å². The van der Waals surface area contributed by atoms with Crippen molar-refractivity contribution >= 4 is 39.8 Å². The van der Waals surface area contributed by atoms with Gasteiger partial charge in [0.2, 0.25) is 11.0 Å². The van der Waals surface area contributed by atoms with Crippen molar-refractivity contribution < 1.29 is 9.18 Å². The number of anilines is 2. The van der Waals surface area contributed by atoms with Gasteiger partial charge < -0.3 is 10.2 Å². The second-order valence-corrected chi connectivity index (χ2v) is 7.32. The van der Waals surface area contributed by atoms with Gasteiger partial charge in [0, 0.05) is 18.8 Å². The third-order valence-corrected chi connectivity index (χ3v) is 5.27. The summed E-state index contributed by atoms with van der Waals surface area (Å²) in [4.78, 5) is 14.1. The van der Waals surface area contributed by atoms with E-state index in [1.807, 2.05) is 11.8 Å². The van der Waals surface area contributed by atoms with Crippen LogP contribution >= 0.6 is 23.1 Å². The molecule has 0 saturated heterocycles. The molecule has 24 heavy (non-hydrogen) atoms. The predicted molar refractivity (Wildman–Crippen MR) is 97.5 cm³/mol. The Hall–Kier alpha value is -1.67. The lowest BCUT2D eigenvalue weighted by atomic mass is 10.3. The summed E-state index contributed by atoms with van der Waals surface area (Å²) in [6, 6.07) is 6.16. The van der Waals surface area contributed by atoms with E-state index in [1.165, 1.54) is 35.2 Å². The van der Waals surface area contributed by atoms with Crippen molar-refractivity contribution in [1.29, 1.82) is 0 Å². The van der Waals surface area contributed by atoms with E-state index in [-0.39, 0.29) is 11.7 Å². The van der Waals surface area contributed by atoms with E-state index in [0.717, 1.165) is 25.9 Å². The van der Waals surface area contributed by atoms with Crippen molar-refractivity contribution in [3.63, 3.8) is 0 Å². The fraction of sp³-hybridized carbons (Fsp3) is 0.438. The van der Waals surface area contributed by atoms with E-state index in [2.05, 4.69) is 22.4 Å². The molecule has 1 heterocycles. The average Bonchev–Trinajstić information content (AvgIpc) is 3.01. The molecule has 0 atom stereocenters. The number of hydrogen-bond acceptors (Lipinski definition) is 6. The Bertz CT molecular complexity index is 665. The molecule has 1 N–H and O–H groups in total. The Morgan fingerprint density at radius 3 is 2.92 bits per heavy atom. The van der Waals surface area contributed by atoms with E-state index in [1.54, 1.807) is 12.1 Å². The van der Waals surface area contributed by atoms with Gasteiger partial charge in [-0.15, -0.1) is 10.2 Å². The summed E-state index contributed by atoms with van der Waals surface area (Å²) in [5.41, 5.74) is 0.621. The van der Waals surface area contributed by atoms with Gasteiger partial charge in [-0.3, -0.25) is 4.79 Å². The number of rotatable bonds is 9. The number of carbonyl (C=O) groups is 1. The van der Waals surface area contributed by atoms with Crippen molar-refractivity contribution in [2.45, 2.75) is 31.0 Å². The van der Waals surface area contributed by atoms with Crippen LogP contribution in [-0.2, 0) is 4.79 Å². The number of amides is 1. The molecule has 0 spiro atoms. The highest BCUT2D eigenvalue weighted by atomic mass is 32.2. The molecule has 0 aliphatic rings. The Morgan fingerprint density at radius 1 is 1.38 bits per heavy atom. The molecular formula is C16H21FN4OS2. The third-order valence-electron chi connectivity index (χ3n) is 3.32. The molecule has 1 aromatic carbocycles. The zero-order chi connectivity index (χ0) is 17.4. The molecule has 0 fully saturated rings. The standard InChI is InChI=1S/C16H21FN4OS2/c1-3-5-9-21(4-2)14(22)11-23-16-20-19-15(24-16)18-13-8-6-7-12(17)10-13/h6-8,10H,3-5,9,11H2,1-2H3,(H,18,19). The normalized spacial score (nSPS) is 10.6. The molecule has 130 valence electrons. The maximum atomic E-state index is 13.2. The highest BCUT2D eigenvalue weighted by Crippen LogP contribution is 2.28. The zero-order valence-electron chi connectivity index (χ0n) is 13.8. The topological polar surface area (TPSA) is 58.1 Å². The first kappa shape index (κ1) is 18.7. The average molecular weight is 369 g/mol. The first-order valence-corrected chi connectivity index (χ1v) is 9.69. The van der Waals surface area contributed by atoms with Crippen LogP contribution in [0.1, 0.15) is 26.7 Å². The summed E-state index contributed by atoms with van der Waals surface area (Å²) in [6.07, 6.45) is 2.09. The summed E-state index contributed by atoms with van der Waals surface area (Å²) in [7, 11) is 0. The Balaban J connectivity index is 1.86. The molecule has 2 aromatic rings. The summed E-state index contributed by atoms with van der Waals surface area (Å²) < 4.78 is 13.9. The second-order valence-electron chi connectivity index (χ2n) is 5.12. The van der Waals surface area contributed by atoms with Crippen molar-refractivity contribution in [1.82, 2.24) is 15.1 Å². The molecule has 8 heteroatoms. The van der Waals surface area contributed by atoms with Crippen LogP contribution in [0, 0.1) is 5.82 Å². The number of unbranched alkanes of at least 4 members (excludes halogenated alkanes) is 1. The van der Waals surface area contributed by atoms with Crippen LogP contribution in [0.2, 0.25) is 0 Å². The van der Waals surface area contributed by atoms with Crippen molar-refractivity contribution in [3.05, 3.63) is 30.1 Å².